The first-order valence-electron chi connectivity index (χ1n) is 7.32. The number of non-ortho nitro benzene ring substituents is 1. The zero-order chi connectivity index (χ0) is 16.9. The Balaban J connectivity index is 1.72. The van der Waals surface area contributed by atoms with Gasteiger partial charge < -0.3 is 4.42 Å². The summed E-state index contributed by atoms with van der Waals surface area (Å²) in [5, 5.41) is 15.0. The SMILES string of the molecule is Cc1cccc(NN=Cc2ccc(-c3cccc([N+](=O)[O-])c3)o2)c1. The summed E-state index contributed by atoms with van der Waals surface area (Å²) in [4.78, 5) is 10.4. The van der Waals surface area contributed by atoms with Crippen molar-refractivity contribution in [3.05, 3.63) is 82.1 Å². The van der Waals surface area contributed by atoms with E-state index in [0.29, 0.717) is 17.1 Å². The number of anilines is 1. The highest BCUT2D eigenvalue weighted by atomic mass is 16.6. The molecule has 6 heteroatoms. The molecule has 0 fully saturated rings. The standard InChI is InChI=1S/C18H15N3O3/c1-13-4-2-6-15(10-13)20-19-12-17-8-9-18(24-17)14-5-3-7-16(11-14)21(22)23/h2-12,20H,1H3. The van der Waals surface area contributed by atoms with Crippen LogP contribution in [0.15, 0.2) is 70.2 Å². The number of nitrogens with one attached hydrogen (secondary N) is 1. The molecule has 0 aliphatic carbocycles. The van der Waals surface area contributed by atoms with Crippen LogP contribution in [0, 0.1) is 17.0 Å². The third-order valence-corrected chi connectivity index (χ3v) is 3.37. The van der Waals surface area contributed by atoms with Crippen molar-refractivity contribution in [1.29, 1.82) is 0 Å². The van der Waals surface area contributed by atoms with Gasteiger partial charge in [0, 0.05) is 17.7 Å². The van der Waals surface area contributed by atoms with E-state index in [1.807, 2.05) is 31.2 Å². The first-order chi connectivity index (χ1) is 11.6. The van der Waals surface area contributed by atoms with Gasteiger partial charge in [-0.15, -0.1) is 0 Å². The summed E-state index contributed by atoms with van der Waals surface area (Å²) in [5.41, 5.74) is 5.63. The van der Waals surface area contributed by atoms with Gasteiger partial charge in [-0.05, 0) is 36.8 Å². The van der Waals surface area contributed by atoms with Gasteiger partial charge in [0.25, 0.3) is 5.69 Å². The summed E-state index contributed by atoms with van der Waals surface area (Å²) in [6.45, 7) is 2.01. The maximum Gasteiger partial charge on any atom is 0.270 e. The first kappa shape index (κ1) is 15.5. The van der Waals surface area contributed by atoms with Crippen molar-refractivity contribution in [2.45, 2.75) is 6.92 Å². The van der Waals surface area contributed by atoms with Gasteiger partial charge in [-0.3, -0.25) is 15.5 Å². The predicted octanol–water partition coefficient (Wildman–Crippen LogP) is 4.61. The van der Waals surface area contributed by atoms with Gasteiger partial charge in [-0.25, -0.2) is 0 Å². The molecule has 1 heterocycles. The minimum Gasteiger partial charge on any atom is -0.455 e. The molecule has 0 saturated carbocycles. The highest BCUT2D eigenvalue weighted by Gasteiger charge is 2.09. The molecule has 1 N–H and O–H groups in total. The molecule has 3 rings (SSSR count). The Labute approximate surface area is 138 Å². The number of nitro groups is 1. The van der Waals surface area contributed by atoms with Gasteiger partial charge >= 0.3 is 0 Å². The third-order valence-electron chi connectivity index (χ3n) is 3.37. The first-order valence-corrected chi connectivity index (χ1v) is 7.32. The van der Waals surface area contributed by atoms with E-state index < -0.39 is 4.92 Å². The van der Waals surface area contributed by atoms with Crippen molar-refractivity contribution < 1.29 is 9.34 Å². The van der Waals surface area contributed by atoms with Crippen molar-refractivity contribution in [2.75, 3.05) is 5.43 Å². The van der Waals surface area contributed by atoms with Crippen LogP contribution in [-0.4, -0.2) is 11.1 Å². The van der Waals surface area contributed by atoms with Crippen LogP contribution in [0.5, 0.6) is 0 Å². The van der Waals surface area contributed by atoms with Crippen molar-refractivity contribution in [2.24, 2.45) is 5.10 Å². The second-order valence-corrected chi connectivity index (χ2v) is 5.25. The van der Waals surface area contributed by atoms with Crippen LogP contribution >= 0.6 is 0 Å². The lowest BCUT2D eigenvalue weighted by Crippen LogP contribution is -1.89. The molecule has 0 aliphatic heterocycles. The summed E-state index contributed by atoms with van der Waals surface area (Å²) < 4.78 is 5.65. The lowest BCUT2D eigenvalue weighted by molar-refractivity contribution is -0.384. The third kappa shape index (κ3) is 3.67. The van der Waals surface area contributed by atoms with Crippen LogP contribution in [0.2, 0.25) is 0 Å². The number of benzene rings is 2. The molecule has 120 valence electrons. The van der Waals surface area contributed by atoms with Gasteiger partial charge in [0.1, 0.15) is 11.5 Å². The molecule has 0 atom stereocenters. The molecule has 0 radical (unpaired) electrons. The van der Waals surface area contributed by atoms with E-state index in [9.17, 15) is 10.1 Å². The topological polar surface area (TPSA) is 80.7 Å². The number of furan rings is 1. The Hall–Kier alpha value is -3.41. The summed E-state index contributed by atoms with van der Waals surface area (Å²) >= 11 is 0. The molecule has 0 unspecified atom stereocenters. The Bertz CT molecular complexity index is 900. The second-order valence-electron chi connectivity index (χ2n) is 5.25. The van der Waals surface area contributed by atoms with Gasteiger partial charge in [0.05, 0.1) is 16.8 Å². The predicted molar refractivity (Wildman–Crippen MR) is 93.2 cm³/mol. The number of hydrogen-bond acceptors (Lipinski definition) is 5. The average molecular weight is 321 g/mol. The maximum absolute atomic E-state index is 10.8. The number of aryl methyl sites for hydroxylation is 1. The molecule has 24 heavy (non-hydrogen) atoms. The highest BCUT2D eigenvalue weighted by molar-refractivity contribution is 5.78. The van der Waals surface area contributed by atoms with E-state index in [0.717, 1.165) is 11.3 Å². The normalized spacial score (nSPS) is 10.9. The number of rotatable bonds is 5. The fraction of sp³-hybridized carbons (Fsp3) is 0.0556. The van der Waals surface area contributed by atoms with E-state index in [1.54, 1.807) is 30.5 Å². The minimum atomic E-state index is -0.430. The Morgan fingerprint density at radius 1 is 1.12 bits per heavy atom. The highest BCUT2D eigenvalue weighted by Crippen LogP contribution is 2.25. The molecule has 1 aromatic heterocycles. The molecule has 3 aromatic rings. The van der Waals surface area contributed by atoms with Crippen LogP contribution in [0.3, 0.4) is 0 Å². The monoisotopic (exact) mass is 321 g/mol. The molecule has 0 saturated heterocycles. The van der Waals surface area contributed by atoms with E-state index >= 15 is 0 Å². The van der Waals surface area contributed by atoms with Crippen LogP contribution in [0.1, 0.15) is 11.3 Å². The van der Waals surface area contributed by atoms with Gasteiger partial charge in [-0.2, -0.15) is 5.10 Å². The molecule has 0 aliphatic rings. The van der Waals surface area contributed by atoms with Crippen LogP contribution in [0.4, 0.5) is 11.4 Å². The van der Waals surface area contributed by atoms with Crippen molar-refractivity contribution >= 4 is 17.6 Å². The van der Waals surface area contributed by atoms with Crippen LogP contribution < -0.4 is 5.43 Å². The zero-order valence-corrected chi connectivity index (χ0v) is 13.0. The van der Waals surface area contributed by atoms with Gasteiger partial charge in [0.15, 0.2) is 0 Å². The smallest absolute Gasteiger partial charge is 0.270 e. The van der Waals surface area contributed by atoms with Crippen LogP contribution in [0.25, 0.3) is 11.3 Å². The van der Waals surface area contributed by atoms with Crippen LogP contribution in [-0.2, 0) is 0 Å². The minimum absolute atomic E-state index is 0.0280. The molecule has 6 nitrogen and oxygen atoms in total. The number of nitrogens with zero attached hydrogens (tertiary/aromatic N) is 2. The Morgan fingerprint density at radius 2 is 1.96 bits per heavy atom. The van der Waals surface area contributed by atoms with E-state index in [4.69, 9.17) is 4.42 Å². The number of nitro benzene ring substituents is 1. The van der Waals surface area contributed by atoms with Crippen molar-refractivity contribution in [3.8, 4) is 11.3 Å². The molecule has 0 spiro atoms. The van der Waals surface area contributed by atoms with Crippen molar-refractivity contribution in [3.63, 3.8) is 0 Å². The van der Waals surface area contributed by atoms with E-state index in [2.05, 4.69) is 10.5 Å². The lowest BCUT2D eigenvalue weighted by Gasteiger charge is -2.00. The summed E-state index contributed by atoms with van der Waals surface area (Å²) in [6.07, 6.45) is 1.56. The Kier molecular flexibility index (Phi) is 4.38. The summed E-state index contributed by atoms with van der Waals surface area (Å²) in [6, 6.07) is 17.7. The summed E-state index contributed by atoms with van der Waals surface area (Å²) in [5.74, 6) is 1.10. The zero-order valence-electron chi connectivity index (χ0n) is 13.0. The average Bonchev–Trinajstić information content (AvgIpc) is 3.04. The molecular weight excluding hydrogens is 306 g/mol. The molecule has 0 bridgehead atoms. The second kappa shape index (κ2) is 6.78. The van der Waals surface area contributed by atoms with Gasteiger partial charge in [0.2, 0.25) is 0 Å². The van der Waals surface area contributed by atoms with Crippen molar-refractivity contribution in [1.82, 2.24) is 0 Å². The van der Waals surface area contributed by atoms with Gasteiger partial charge in [-0.1, -0.05) is 24.3 Å². The largest absolute Gasteiger partial charge is 0.455 e. The lowest BCUT2D eigenvalue weighted by atomic mass is 10.1. The quantitative estimate of drug-likeness (QED) is 0.423. The number of hydrogen-bond donors (Lipinski definition) is 1. The van der Waals surface area contributed by atoms with E-state index in [1.165, 1.54) is 12.1 Å². The Morgan fingerprint density at radius 3 is 2.75 bits per heavy atom. The molecular formula is C18H15N3O3. The fourth-order valence-corrected chi connectivity index (χ4v) is 2.24. The number of hydrazone groups is 1. The molecule has 0 amide bonds. The van der Waals surface area contributed by atoms with E-state index in [-0.39, 0.29) is 5.69 Å². The molecule has 2 aromatic carbocycles. The maximum atomic E-state index is 10.8. The summed E-state index contributed by atoms with van der Waals surface area (Å²) in [7, 11) is 0. The fourth-order valence-electron chi connectivity index (χ4n) is 2.24.